The Morgan fingerprint density at radius 2 is 2.23 bits per heavy atom. The predicted octanol–water partition coefficient (Wildman–Crippen LogP) is 1.86. The van der Waals surface area contributed by atoms with E-state index in [1.54, 1.807) is 0 Å². The molecule has 1 fully saturated rings. The van der Waals surface area contributed by atoms with Crippen molar-refractivity contribution in [3.8, 4) is 0 Å². The van der Waals surface area contributed by atoms with E-state index in [2.05, 4.69) is 24.2 Å². The summed E-state index contributed by atoms with van der Waals surface area (Å²) < 4.78 is 0. The molecule has 1 aliphatic heterocycles. The van der Waals surface area contributed by atoms with E-state index >= 15 is 0 Å². The first-order valence-corrected chi connectivity index (χ1v) is 5.75. The molecule has 0 saturated carbocycles. The normalized spacial score (nSPS) is 23.8. The van der Waals surface area contributed by atoms with Gasteiger partial charge in [-0.05, 0) is 39.4 Å². The monoisotopic (exact) mass is 184 g/mol. The van der Waals surface area contributed by atoms with Crippen LogP contribution < -0.4 is 5.32 Å². The summed E-state index contributed by atoms with van der Waals surface area (Å²) in [5.74, 6) is 0. The first-order valence-electron chi connectivity index (χ1n) is 5.75. The summed E-state index contributed by atoms with van der Waals surface area (Å²) in [6.45, 7) is 5.98. The van der Waals surface area contributed by atoms with Gasteiger partial charge < -0.3 is 10.2 Å². The molecule has 0 radical (unpaired) electrons. The first-order chi connectivity index (χ1) is 6.33. The van der Waals surface area contributed by atoms with Crippen LogP contribution in [0.1, 0.15) is 39.0 Å². The standard InChI is InChI=1S/C11H24N2/c1-3-4-9-13(2)10-11-7-5-6-8-12-11/h11-12H,3-10H2,1-2H3. The molecule has 1 rings (SSSR count). The molecule has 1 atom stereocenters. The molecule has 2 heteroatoms. The third kappa shape index (κ3) is 4.63. The molecule has 0 aliphatic carbocycles. The topological polar surface area (TPSA) is 15.3 Å². The fraction of sp³-hybridized carbons (Fsp3) is 1.00. The first kappa shape index (κ1) is 11.0. The van der Waals surface area contributed by atoms with Crippen molar-refractivity contribution in [3.05, 3.63) is 0 Å². The van der Waals surface area contributed by atoms with Crippen molar-refractivity contribution in [1.82, 2.24) is 10.2 Å². The lowest BCUT2D eigenvalue weighted by atomic mass is 10.0. The smallest absolute Gasteiger partial charge is 0.0194 e. The maximum absolute atomic E-state index is 3.58. The SMILES string of the molecule is CCCCN(C)CC1CCCCN1. The van der Waals surface area contributed by atoms with Crippen LogP contribution in [0.2, 0.25) is 0 Å². The summed E-state index contributed by atoms with van der Waals surface area (Å²) in [5.41, 5.74) is 0. The molecule has 1 N–H and O–H groups in total. The van der Waals surface area contributed by atoms with Gasteiger partial charge in [0.2, 0.25) is 0 Å². The third-order valence-corrected chi connectivity index (χ3v) is 2.84. The van der Waals surface area contributed by atoms with Crippen LogP contribution in [0.25, 0.3) is 0 Å². The van der Waals surface area contributed by atoms with Crippen molar-refractivity contribution in [2.45, 2.75) is 45.1 Å². The van der Waals surface area contributed by atoms with E-state index in [0.29, 0.717) is 0 Å². The Bertz CT molecular complexity index is 119. The van der Waals surface area contributed by atoms with E-state index in [0.717, 1.165) is 6.04 Å². The van der Waals surface area contributed by atoms with Gasteiger partial charge in [-0.3, -0.25) is 0 Å². The maximum atomic E-state index is 3.58. The van der Waals surface area contributed by atoms with E-state index in [9.17, 15) is 0 Å². The molecule has 1 saturated heterocycles. The van der Waals surface area contributed by atoms with Crippen molar-refractivity contribution in [1.29, 1.82) is 0 Å². The number of likely N-dealkylation sites (N-methyl/N-ethyl adjacent to an activating group) is 1. The van der Waals surface area contributed by atoms with Crippen molar-refractivity contribution in [2.75, 3.05) is 26.7 Å². The fourth-order valence-electron chi connectivity index (χ4n) is 1.98. The van der Waals surface area contributed by atoms with Crippen molar-refractivity contribution < 1.29 is 0 Å². The van der Waals surface area contributed by atoms with Gasteiger partial charge in [-0.25, -0.2) is 0 Å². The third-order valence-electron chi connectivity index (χ3n) is 2.84. The van der Waals surface area contributed by atoms with Crippen LogP contribution in [0.3, 0.4) is 0 Å². The number of piperidine rings is 1. The molecule has 1 aliphatic rings. The van der Waals surface area contributed by atoms with Crippen molar-refractivity contribution in [3.63, 3.8) is 0 Å². The summed E-state index contributed by atoms with van der Waals surface area (Å²) in [4.78, 5) is 2.46. The molecule has 78 valence electrons. The molecule has 0 aromatic carbocycles. The van der Waals surface area contributed by atoms with Crippen LogP contribution in [0.4, 0.5) is 0 Å². The Hall–Kier alpha value is -0.0800. The van der Waals surface area contributed by atoms with Crippen LogP contribution in [-0.2, 0) is 0 Å². The highest BCUT2D eigenvalue weighted by Gasteiger charge is 2.13. The molecule has 0 aromatic heterocycles. The van der Waals surface area contributed by atoms with Gasteiger partial charge in [0, 0.05) is 12.6 Å². The zero-order chi connectivity index (χ0) is 9.52. The second kappa shape index (κ2) is 6.39. The average Bonchev–Trinajstić information content (AvgIpc) is 2.16. The van der Waals surface area contributed by atoms with Crippen LogP contribution in [0, 0.1) is 0 Å². The molecular formula is C11H24N2. The molecule has 13 heavy (non-hydrogen) atoms. The van der Waals surface area contributed by atoms with Crippen molar-refractivity contribution >= 4 is 0 Å². The molecule has 1 unspecified atom stereocenters. The number of hydrogen-bond acceptors (Lipinski definition) is 2. The number of hydrogen-bond donors (Lipinski definition) is 1. The Balaban J connectivity index is 2.07. The van der Waals surface area contributed by atoms with Gasteiger partial charge >= 0.3 is 0 Å². The molecule has 0 spiro atoms. The predicted molar refractivity (Wildman–Crippen MR) is 58.0 cm³/mol. The summed E-state index contributed by atoms with van der Waals surface area (Å²) >= 11 is 0. The highest BCUT2D eigenvalue weighted by Crippen LogP contribution is 2.07. The molecule has 0 bridgehead atoms. The van der Waals surface area contributed by atoms with Crippen LogP contribution in [0.15, 0.2) is 0 Å². The van der Waals surface area contributed by atoms with E-state index in [4.69, 9.17) is 0 Å². The van der Waals surface area contributed by atoms with Gasteiger partial charge in [0.15, 0.2) is 0 Å². The van der Waals surface area contributed by atoms with Gasteiger partial charge in [-0.15, -0.1) is 0 Å². The average molecular weight is 184 g/mol. The van der Waals surface area contributed by atoms with Gasteiger partial charge in [-0.1, -0.05) is 19.8 Å². The highest BCUT2D eigenvalue weighted by atomic mass is 15.1. The van der Waals surface area contributed by atoms with Crippen molar-refractivity contribution in [2.24, 2.45) is 0 Å². The zero-order valence-corrected chi connectivity index (χ0v) is 9.18. The van der Waals surface area contributed by atoms with Gasteiger partial charge in [0.1, 0.15) is 0 Å². The number of rotatable bonds is 5. The molecule has 0 amide bonds. The second-order valence-corrected chi connectivity index (χ2v) is 4.26. The summed E-state index contributed by atoms with van der Waals surface area (Å²) in [6.07, 6.45) is 6.80. The molecule has 2 nitrogen and oxygen atoms in total. The van der Waals surface area contributed by atoms with E-state index in [1.807, 2.05) is 0 Å². The quantitative estimate of drug-likeness (QED) is 0.701. The van der Waals surface area contributed by atoms with Gasteiger partial charge in [-0.2, -0.15) is 0 Å². The minimum absolute atomic E-state index is 0.760. The summed E-state index contributed by atoms with van der Waals surface area (Å²) in [7, 11) is 2.24. The number of nitrogens with one attached hydrogen (secondary N) is 1. The second-order valence-electron chi connectivity index (χ2n) is 4.26. The van der Waals surface area contributed by atoms with Gasteiger partial charge in [0.05, 0.1) is 0 Å². The minimum Gasteiger partial charge on any atom is -0.313 e. The Morgan fingerprint density at radius 3 is 2.85 bits per heavy atom. The molecule has 0 aromatic rings. The van der Waals surface area contributed by atoms with Crippen LogP contribution >= 0.6 is 0 Å². The van der Waals surface area contributed by atoms with Gasteiger partial charge in [0.25, 0.3) is 0 Å². The zero-order valence-electron chi connectivity index (χ0n) is 9.18. The van der Waals surface area contributed by atoms with E-state index in [-0.39, 0.29) is 0 Å². The summed E-state index contributed by atoms with van der Waals surface area (Å²) in [5, 5.41) is 3.58. The molecular weight excluding hydrogens is 160 g/mol. The lowest BCUT2D eigenvalue weighted by Gasteiger charge is -2.28. The number of nitrogens with zero attached hydrogens (tertiary/aromatic N) is 1. The largest absolute Gasteiger partial charge is 0.313 e. The summed E-state index contributed by atoms with van der Waals surface area (Å²) in [6, 6.07) is 0.760. The fourth-order valence-corrected chi connectivity index (χ4v) is 1.98. The van der Waals surface area contributed by atoms with Crippen LogP contribution in [-0.4, -0.2) is 37.6 Å². The highest BCUT2D eigenvalue weighted by molar-refractivity contribution is 4.74. The lowest BCUT2D eigenvalue weighted by molar-refractivity contribution is 0.259. The van der Waals surface area contributed by atoms with Crippen LogP contribution in [0.5, 0.6) is 0 Å². The minimum atomic E-state index is 0.760. The Labute approximate surface area is 82.7 Å². The molecule has 1 heterocycles. The Kier molecular flexibility index (Phi) is 5.40. The van der Waals surface area contributed by atoms with E-state index < -0.39 is 0 Å². The maximum Gasteiger partial charge on any atom is 0.0194 e. The Morgan fingerprint density at radius 1 is 1.38 bits per heavy atom. The number of unbranched alkanes of at least 4 members (excludes halogenated alkanes) is 1. The lowest BCUT2D eigenvalue weighted by Crippen LogP contribution is -2.42. The van der Waals surface area contributed by atoms with E-state index in [1.165, 1.54) is 51.7 Å².